The van der Waals surface area contributed by atoms with E-state index in [1.165, 1.54) is 24.6 Å². The predicted octanol–water partition coefficient (Wildman–Crippen LogP) is 1.01. The van der Waals surface area contributed by atoms with Crippen LogP contribution in [-0.2, 0) is 28.5 Å². The molecule has 11 nitrogen and oxygen atoms in total. The number of nitrogens with zero attached hydrogens (tertiary/aromatic N) is 3. The number of unbranched alkanes of at least 4 members (excludes halogenated alkanes) is 1. The van der Waals surface area contributed by atoms with E-state index in [2.05, 4.69) is 9.97 Å². The summed E-state index contributed by atoms with van der Waals surface area (Å²) in [7, 11) is 0. The van der Waals surface area contributed by atoms with Gasteiger partial charge in [-0.15, -0.1) is 0 Å². The van der Waals surface area contributed by atoms with E-state index in [0.29, 0.717) is 11.3 Å². The molecule has 2 N–H and O–H groups in total. The van der Waals surface area contributed by atoms with Crippen LogP contribution in [-0.4, -0.2) is 58.0 Å². The maximum absolute atomic E-state index is 12.7. The van der Waals surface area contributed by atoms with E-state index in [9.17, 15) is 14.4 Å². The zero-order valence-electron chi connectivity index (χ0n) is 16.9. The van der Waals surface area contributed by atoms with Gasteiger partial charge in [-0.25, -0.2) is 4.98 Å². The highest BCUT2D eigenvalue weighted by atomic mass is 32.1. The van der Waals surface area contributed by atoms with E-state index < -0.39 is 36.5 Å². The Hall–Kier alpha value is -2.57. The minimum absolute atomic E-state index is 0.0108. The molecule has 1 fully saturated rings. The number of thiazole rings is 1. The first-order chi connectivity index (χ1) is 14.3. The molecule has 0 bridgehead atoms. The Morgan fingerprint density at radius 2 is 2.07 bits per heavy atom. The van der Waals surface area contributed by atoms with Gasteiger partial charge in [-0.2, -0.15) is 4.98 Å². The van der Waals surface area contributed by atoms with Gasteiger partial charge in [0.15, 0.2) is 18.0 Å². The van der Waals surface area contributed by atoms with Crippen LogP contribution >= 0.6 is 11.3 Å². The summed E-state index contributed by atoms with van der Waals surface area (Å²) in [4.78, 5) is 43.5. The second-order valence-corrected chi connectivity index (χ2v) is 7.78. The number of esters is 2. The van der Waals surface area contributed by atoms with Gasteiger partial charge in [0, 0.05) is 20.5 Å². The van der Waals surface area contributed by atoms with E-state index in [1.807, 2.05) is 6.92 Å². The lowest BCUT2D eigenvalue weighted by atomic mass is 10.1. The van der Waals surface area contributed by atoms with Crippen LogP contribution in [0, 0.1) is 0 Å². The molecular weight excluding hydrogens is 416 g/mol. The first kappa shape index (κ1) is 22.1. The number of carbonyl (C=O) groups excluding carboxylic acids is 2. The van der Waals surface area contributed by atoms with Crippen molar-refractivity contribution < 1.29 is 28.5 Å². The fourth-order valence-corrected chi connectivity index (χ4v) is 4.02. The second-order valence-electron chi connectivity index (χ2n) is 6.78. The van der Waals surface area contributed by atoms with Crippen LogP contribution in [0.2, 0.25) is 0 Å². The zero-order valence-corrected chi connectivity index (χ0v) is 17.7. The molecule has 12 heteroatoms. The molecule has 30 heavy (non-hydrogen) atoms. The normalized spacial score (nSPS) is 23.6. The summed E-state index contributed by atoms with van der Waals surface area (Å²) in [5, 5.41) is 0. The van der Waals surface area contributed by atoms with Gasteiger partial charge in [0.05, 0.1) is 10.9 Å². The van der Waals surface area contributed by atoms with Crippen molar-refractivity contribution in [2.24, 2.45) is 0 Å². The number of nitrogens with two attached hydrogens (primary N) is 1. The Morgan fingerprint density at radius 3 is 2.73 bits per heavy atom. The van der Waals surface area contributed by atoms with Crippen molar-refractivity contribution >= 4 is 39.6 Å². The monoisotopic (exact) mass is 440 g/mol. The molecule has 4 atom stereocenters. The molecule has 1 saturated heterocycles. The van der Waals surface area contributed by atoms with Gasteiger partial charge in [0.25, 0.3) is 0 Å². The van der Waals surface area contributed by atoms with Gasteiger partial charge in [0.1, 0.15) is 18.8 Å². The Balaban J connectivity index is 2.02. The van der Waals surface area contributed by atoms with Gasteiger partial charge >= 0.3 is 16.8 Å². The van der Waals surface area contributed by atoms with Crippen molar-refractivity contribution in [1.29, 1.82) is 0 Å². The number of hydrogen-bond acceptors (Lipinski definition) is 11. The summed E-state index contributed by atoms with van der Waals surface area (Å²) in [6.45, 7) is 4.82. The SMILES string of the molecule is CCCCO[C@@H]1[C@@H](OC(C)=O)[C@H](n2c(=O)sc3cnc(N)nc32)O[C@@H]1COC(C)=O. The third kappa shape index (κ3) is 4.77. The number of hydrogen-bond donors (Lipinski definition) is 1. The first-order valence-corrected chi connectivity index (χ1v) is 10.3. The molecule has 1 aliphatic heterocycles. The third-order valence-electron chi connectivity index (χ3n) is 4.48. The predicted molar refractivity (Wildman–Crippen MR) is 107 cm³/mol. The standard InChI is InChI=1S/C18H24N4O7S/c1-4-5-6-26-13-11(8-27-9(2)23)29-16(14(13)28-10(3)24)22-15-12(30-18(22)25)7-20-17(19)21-15/h7,11,13-14,16H,4-6,8H2,1-3H3,(H2,19,20,21)/t11-,13+,14-,16-/m1/s1. The Kier molecular flexibility index (Phi) is 7.00. The second kappa shape index (κ2) is 9.49. The molecule has 0 spiro atoms. The summed E-state index contributed by atoms with van der Waals surface area (Å²) in [6, 6.07) is 0. The quantitative estimate of drug-likeness (QED) is 0.466. The van der Waals surface area contributed by atoms with Gasteiger partial charge in [-0.05, 0) is 6.42 Å². The van der Waals surface area contributed by atoms with Gasteiger partial charge < -0.3 is 24.7 Å². The van der Waals surface area contributed by atoms with E-state index in [4.69, 9.17) is 24.7 Å². The maximum Gasteiger partial charge on any atom is 0.311 e. The molecule has 0 aromatic carbocycles. The van der Waals surface area contributed by atoms with E-state index in [-0.39, 0.29) is 23.1 Å². The Labute approximate surface area is 176 Å². The van der Waals surface area contributed by atoms with Crippen LogP contribution in [0.25, 0.3) is 10.3 Å². The molecular formula is C18H24N4O7S. The third-order valence-corrected chi connectivity index (χ3v) is 5.36. The average molecular weight is 440 g/mol. The fourth-order valence-electron chi connectivity index (χ4n) is 3.21. The van der Waals surface area contributed by atoms with Crippen LogP contribution in [0.3, 0.4) is 0 Å². The molecule has 2 aromatic rings. The van der Waals surface area contributed by atoms with Gasteiger partial charge in [-0.3, -0.25) is 19.0 Å². The van der Waals surface area contributed by atoms with Crippen LogP contribution in [0.5, 0.6) is 0 Å². The molecule has 0 unspecified atom stereocenters. The highest BCUT2D eigenvalue weighted by molar-refractivity contribution is 7.16. The summed E-state index contributed by atoms with van der Waals surface area (Å²) >= 11 is 0.918. The summed E-state index contributed by atoms with van der Waals surface area (Å²) in [6.07, 6.45) is -0.356. The number of rotatable bonds is 8. The summed E-state index contributed by atoms with van der Waals surface area (Å²) < 4.78 is 24.4. The lowest BCUT2D eigenvalue weighted by Crippen LogP contribution is -2.40. The highest BCUT2D eigenvalue weighted by Crippen LogP contribution is 2.35. The van der Waals surface area contributed by atoms with E-state index in [1.54, 1.807) is 0 Å². The lowest BCUT2D eigenvalue weighted by Gasteiger charge is -2.24. The zero-order chi connectivity index (χ0) is 21.8. The van der Waals surface area contributed by atoms with Crippen molar-refractivity contribution in [3.8, 4) is 0 Å². The van der Waals surface area contributed by atoms with Crippen LogP contribution < -0.4 is 10.6 Å². The number of carbonyl (C=O) groups is 2. The molecule has 0 aliphatic carbocycles. The summed E-state index contributed by atoms with van der Waals surface area (Å²) in [5.74, 6) is -1.06. The van der Waals surface area contributed by atoms with Crippen molar-refractivity contribution in [2.45, 2.75) is 58.2 Å². The lowest BCUT2D eigenvalue weighted by molar-refractivity contribution is -0.158. The average Bonchev–Trinajstić information content (AvgIpc) is 3.16. The fraction of sp³-hybridized carbons (Fsp3) is 0.611. The first-order valence-electron chi connectivity index (χ1n) is 9.53. The molecule has 3 rings (SSSR count). The molecule has 0 radical (unpaired) electrons. The highest BCUT2D eigenvalue weighted by Gasteiger charge is 2.50. The topological polar surface area (TPSA) is 145 Å². The Morgan fingerprint density at radius 1 is 1.30 bits per heavy atom. The van der Waals surface area contributed by atoms with Crippen molar-refractivity contribution in [2.75, 3.05) is 18.9 Å². The van der Waals surface area contributed by atoms with Crippen molar-refractivity contribution in [1.82, 2.24) is 14.5 Å². The number of ether oxygens (including phenoxy) is 4. The molecule has 0 saturated carbocycles. The Bertz CT molecular complexity index is 975. The minimum atomic E-state index is -1.03. The van der Waals surface area contributed by atoms with Gasteiger partial charge in [-0.1, -0.05) is 24.7 Å². The van der Waals surface area contributed by atoms with Crippen LogP contribution in [0.1, 0.15) is 39.8 Å². The molecule has 0 amide bonds. The summed E-state index contributed by atoms with van der Waals surface area (Å²) in [5.41, 5.74) is 5.96. The minimum Gasteiger partial charge on any atom is -0.463 e. The van der Waals surface area contributed by atoms with E-state index in [0.717, 1.165) is 24.2 Å². The molecule has 2 aromatic heterocycles. The molecule has 164 valence electrons. The van der Waals surface area contributed by atoms with E-state index >= 15 is 0 Å². The van der Waals surface area contributed by atoms with Gasteiger partial charge in [0.2, 0.25) is 5.95 Å². The molecule has 3 heterocycles. The smallest absolute Gasteiger partial charge is 0.311 e. The number of nitrogen functional groups attached to an aromatic ring is 1. The number of fused-ring (bicyclic) bond motifs is 1. The molecule has 1 aliphatic rings. The van der Waals surface area contributed by atoms with Crippen molar-refractivity contribution in [3.63, 3.8) is 0 Å². The number of aromatic nitrogens is 3. The van der Waals surface area contributed by atoms with Crippen LogP contribution in [0.4, 0.5) is 5.95 Å². The maximum atomic E-state index is 12.7. The largest absolute Gasteiger partial charge is 0.463 e. The van der Waals surface area contributed by atoms with Crippen LogP contribution in [0.15, 0.2) is 11.0 Å². The van der Waals surface area contributed by atoms with Crippen molar-refractivity contribution in [3.05, 3.63) is 15.9 Å². The number of anilines is 1.